The van der Waals surface area contributed by atoms with Crippen LogP contribution in [0.15, 0.2) is 18.2 Å². The van der Waals surface area contributed by atoms with Crippen LogP contribution in [0.3, 0.4) is 0 Å². The summed E-state index contributed by atoms with van der Waals surface area (Å²) in [5, 5.41) is 0. The predicted molar refractivity (Wildman–Crippen MR) is 68.2 cm³/mol. The van der Waals surface area contributed by atoms with Crippen LogP contribution in [0, 0.1) is 5.82 Å². The van der Waals surface area contributed by atoms with E-state index in [0.29, 0.717) is 11.7 Å². The van der Waals surface area contributed by atoms with Gasteiger partial charge < -0.3 is 10.6 Å². The second-order valence-electron chi connectivity index (χ2n) is 5.03. The lowest BCUT2D eigenvalue weighted by molar-refractivity contribution is 0.264. The first-order valence-electron chi connectivity index (χ1n) is 5.98. The standard InChI is InChI=1S/C13H20FN3/c1-16(2)13-3-4-17(9-13)8-10-5-11(14)7-12(15)6-10/h5-7,13H,3-4,8-9,15H2,1-2H3/t13-/m1/s1. The number of nitrogens with zero attached hydrogens (tertiary/aromatic N) is 2. The zero-order chi connectivity index (χ0) is 12.4. The lowest BCUT2D eigenvalue weighted by atomic mass is 10.2. The third-order valence-corrected chi connectivity index (χ3v) is 3.36. The lowest BCUT2D eigenvalue weighted by Crippen LogP contribution is -2.31. The molecule has 0 bridgehead atoms. The Kier molecular flexibility index (Phi) is 3.64. The average Bonchev–Trinajstić information content (AvgIpc) is 2.64. The Morgan fingerprint density at radius 1 is 1.41 bits per heavy atom. The van der Waals surface area contributed by atoms with Gasteiger partial charge in [0.25, 0.3) is 0 Å². The molecule has 0 saturated carbocycles. The minimum Gasteiger partial charge on any atom is -0.399 e. The van der Waals surface area contributed by atoms with Gasteiger partial charge in [-0.25, -0.2) is 4.39 Å². The number of likely N-dealkylation sites (N-methyl/N-ethyl adjacent to an activating group) is 1. The number of hydrogen-bond acceptors (Lipinski definition) is 3. The Labute approximate surface area is 102 Å². The molecular formula is C13H20FN3. The van der Waals surface area contributed by atoms with Crippen molar-refractivity contribution in [3.05, 3.63) is 29.6 Å². The van der Waals surface area contributed by atoms with E-state index in [2.05, 4.69) is 23.9 Å². The van der Waals surface area contributed by atoms with Crippen molar-refractivity contribution in [3.63, 3.8) is 0 Å². The van der Waals surface area contributed by atoms with E-state index >= 15 is 0 Å². The Hall–Kier alpha value is -1.13. The van der Waals surface area contributed by atoms with E-state index in [0.717, 1.165) is 25.2 Å². The number of hydrogen-bond donors (Lipinski definition) is 1. The van der Waals surface area contributed by atoms with Crippen LogP contribution in [0.5, 0.6) is 0 Å². The molecule has 1 aliphatic heterocycles. The maximum Gasteiger partial charge on any atom is 0.125 e. The summed E-state index contributed by atoms with van der Waals surface area (Å²) in [5.41, 5.74) is 7.11. The minimum atomic E-state index is -0.247. The van der Waals surface area contributed by atoms with Gasteiger partial charge >= 0.3 is 0 Å². The highest BCUT2D eigenvalue weighted by Gasteiger charge is 2.23. The number of rotatable bonds is 3. The van der Waals surface area contributed by atoms with Gasteiger partial charge in [0.05, 0.1) is 0 Å². The third kappa shape index (κ3) is 3.17. The fraction of sp³-hybridized carbons (Fsp3) is 0.538. The van der Waals surface area contributed by atoms with Crippen molar-refractivity contribution in [2.45, 2.75) is 19.0 Å². The van der Waals surface area contributed by atoms with Gasteiger partial charge in [-0.2, -0.15) is 0 Å². The number of anilines is 1. The molecular weight excluding hydrogens is 217 g/mol. The molecule has 0 unspecified atom stereocenters. The fourth-order valence-electron chi connectivity index (χ4n) is 2.40. The lowest BCUT2D eigenvalue weighted by Gasteiger charge is -2.20. The van der Waals surface area contributed by atoms with E-state index < -0.39 is 0 Å². The molecule has 0 radical (unpaired) electrons. The van der Waals surface area contributed by atoms with Crippen molar-refractivity contribution >= 4 is 5.69 Å². The van der Waals surface area contributed by atoms with E-state index in [1.54, 1.807) is 6.07 Å². The van der Waals surface area contributed by atoms with Crippen LogP contribution in [0.2, 0.25) is 0 Å². The molecule has 0 aliphatic carbocycles. The van der Waals surface area contributed by atoms with Crippen molar-refractivity contribution in [2.75, 3.05) is 32.9 Å². The van der Waals surface area contributed by atoms with Crippen LogP contribution in [-0.4, -0.2) is 43.0 Å². The monoisotopic (exact) mass is 237 g/mol. The molecule has 4 heteroatoms. The molecule has 1 heterocycles. The molecule has 17 heavy (non-hydrogen) atoms. The molecule has 0 amide bonds. The largest absolute Gasteiger partial charge is 0.399 e. The number of likely N-dealkylation sites (tertiary alicyclic amines) is 1. The van der Waals surface area contributed by atoms with Crippen LogP contribution in [0.1, 0.15) is 12.0 Å². The van der Waals surface area contributed by atoms with Crippen molar-refractivity contribution in [1.29, 1.82) is 0 Å². The van der Waals surface area contributed by atoms with Gasteiger partial charge in [-0.1, -0.05) is 0 Å². The predicted octanol–water partition coefficient (Wildman–Crippen LogP) is 1.54. The van der Waals surface area contributed by atoms with Gasteiger partial charge in [0, 0.05) is 31.4 Å². The summed E-state index contributed by atoms with van der Waals surface area (Å²) in [6, 6.07) is 5.39. The van der Waals surface area contributed by atoms with Crippen molar-refractivity contribution < 1.29 is 4.39 Å². The number of nitrogen functional groups attached to an aromatic ring is 1. The summed E-state index contributed by atoms with van der Waals surface area (Å²) in [5.74, 6) is -0.247. The smallest absolute Gasteiger partial charge is 0.125 e. The Morgan fingerprint density at radius 3 is 2.76 bits per heavy atom. The van der Waals surface area contributed by atoms with Gasteiger partial charge in [-0.3, -0.25) is 4.90 Å². The second-order valence-corrected chi connectivity index (χ2v) is 5.03. The van der Waals surface area contributed by atoms with Crippen LogP contribution >= 0.6 is 0 Å². The van der Waals surface area contributed by atoms with Crippen LogP contribution in [-0.2, 0) is 6.54 Å². The summed E-state index contributed by atoms with van der Waals surface area (Å²) < 4.78 is 13.2. The first kappa shape index (κ1) is 12.3. The molecule has 0 aromatic heterocycles. The number of halogens is 1. The Balaban J connectivity index is 1.98. The molecule has 2 N–H and O–H groups in total. The van der Waals surface area contributed by atoms with Crippen molar-refractivity contribution in [2.24, 2.45) is 0 Å². The molecule has 1 fully saturated rings. The maximum atomic E-state index is 13.2. The summed E-state index contributed by atoms with van der Waals surface area (Å²) in [6.07, 6.45) is 1.18. The topological polar surface area (TPSA) is 32.5 Å². The second kappa shape index (κ2) is 5.02. The Morgan fingerprint density at radius 2 is 2.18 bits per heavy atom. The normalized spacial score (nSPS) is 21.3. The third-order valence-electron chi connectivity index (χ3n) is 3.36. The van der Waals surface area contributed by atoms with Crippen LogP contribution < -0.4 is 5.73 Å². The summed E-state index contributed by atoms with van der Waals surface area (Å²) in [7, 11) is 4.21. The zero-order valence-electron chi connectivity index (χ0n) is 10.5. The molecule has 0 spiro atoms. The van der Waals surface area contributed by atoms with Gasteiger partial charge in [-0.05, 0) is 44.3 Å². The van der Waals surface area contributed by atoms with E-state index in [1.807, 2.05) is 6.07 Å². The molecule has 2 rings (SSSR count). The van der Waals surface area contributed by atoms with E-state index in [4.69, 9.17) is 5.73 Å². The highest BCUT2D eigenvalue weighted by atomic mass is 19.1. The summed E-state index contributed by atoms with van der Waals surface area (Å²) in [4.78, 5) is 4.60. The first-order chi connectivity index (χ1) is 8.04. The first-order valence-corrected chi connectivity index (χ1v) is 5.98. The molecule has 3 nitrogen and oxygen atoms in total. The van der Waals surface area contributed by atoms with Crippen molar-refractivity contribution in [3.8, 4) is 0 Å². The molecule has 94 valence electrons. The zero-order valence-corrected chi connectivity index (χ0v) is 10.5. The molecule has 1 aromatic carbocycles. The highest BCUT2D eigenvalue weighted by Crippen LogP contribution is 2.18. The van der Waals surface area contributed by atoms with E-state index in [9.17, 15) is 4.39 Å². The van der Waals surface area contributed by atoms with Gasteiger partial charge in [0.15, 0.2) is 0 Å². The van der Waals surface area contributed by atoms with Crippen LogP contribution in [0.25, 0.3) is 0 Å². The quantitative estimate of drug-likeness (QED) is 0.809. The molecule has 1 aliphatic rings. The number of nitrogens with two attached hydrogens (primary N) is 1. The van der Waals surface area contributed by atoms with E-state index in [1.165, 1.54) is 12.5 Å². The highest BCUT2D eigenvalue weighted by molar-refractivity contribution is 5.41. The summed E-state index contributed by atoms with van der Waals surface area (Å²) >= 11 is 0. The molecule has 1 atom stereocenters. The summed E-state index contributed by atoms with van der Waals surface area (Å²) in [6.45, 7) is 2.90. The molecule has 1 aromatic rings. The molecule has 1 saturated heterocycles. The van der Waals surface area contributed by atoms with E-state index in [-0.39, 0.29) is 5.82 Å². The number of benzene rings is 1. The van der Waals surface area contributed by atoms with Gasteiger partial charge in [0.1, 0.15) is 5.82 Å². The fourth-order valence-corrected chi connectivity index (χ4v) is 2.40. The van der Waals surface area contributed by atoms with Gasteiger partial charge in [0.2, 0.25) is 0 Å². The maximum absolute atomic E-state index is 13.2. The van der Waals surface area contributed by atoms with Crippen molar-refractivity contribution in [1.82, 2.24) is 9.80 Å². The average molecular weight is 237 g/mol. The Bertz CT molecular complexity index is 372. The van der Waals surface area contributed by atoms with Crippen LogP contribution in [0.4, 0.5) is 10.1 Å². The minimum absolute atomic E-state index is 0.247. The SMILES string of the molecule is CN(C)[C@@H]1CCN(Cc2cc(N)cc(F)c2)C1. The van der Waals surface area contributed by atoms with Gasteiger partial charge in [-0.15, -0.1) is 0 Å².